The van der Waals surface area contributed by atoms with Crippen molar-refractivity contribution in [2.24, 2.45) is 0 Å². The van der Waals surface area contributed by atoms with Crippen LogP contribution in [0.4, 0.5) is 0 Å². The highest BCUT2D eigenvalue weighted by Crippen LogP contribution is 2.53. The van der Waals surface area contributed by atoms with E-state index >= 15 is 0 Å². The summed E-state index contributed by atoms with van der Waals surface area (Å²) in [6, 6.07) is 19.3. The molecule has 19 heavy (non-hydrogen) atoms. The molecule has 0 heterocycles. The van der Waals surface area contributed by atoms with Gasteiger partial charge in [0.05, 0.1) is 4.32 Å². The van der Waals surface area contributed by atoms with Crippen molar-refractivity contribution in [1.29, 1.82) is 0 Å². The highest BCUT2D eigenvalue weighted by atomic mass is 79.9. The van der Waals surface area contributed by atoms with Gasteiger partial charge in [-0.3, -0.25) is 0 Å². The summed E-state index contributed by atoms with van der Waals surface area (Å²) in [5.41, 5.74) is 3.93. The normalized spacial score (nSPS) is 29.0. The lowest BCUT2D eigenvalue weighted by atomic mass is 9.66. The smallest absolute Gasteiger partial charge is 0.0612 e. The second kappa shape index (κ2) is 4.35. The SMILES string of the molecule is CC1(Br)c2ccccc2C=CC1(C)c1ccccc1. The van der Waals surface area contributed by atoms with Crippen LogP contribution >= 0.6 is 15.9 Å². The van der Waals surface area contributed by atoms with E-state index in [4.69, 9.17) is 0 Å². The Hall–Kier alpha value is -1.34. The number of hydrogen-bond acceptors (Lipinski definition) is 0. The van der Waals surface area contributed by atoms with Crippen LogP contribution < -0.4 is 0 Å². The lowest BCUT2D eigenvalue weighted by Gasteiger charge is -2.44. The molecule has 3 rings (SSSR count). The number of halogens is 1. The highest BCUT2D eigenvalue weighted by molar-refractivity contribution is 9.09. The van der Waals surface area contributed by atoms with Gasteiger partial charge in [0.1, 0.15) is 0 Å². The molecular formula is C18H17Br. The van der Waals surface area contributed by atoms with Crippen molar-refractivity contribution in [3.8, 4) is 0 Å². The monoisotopic (exact) mass is 312 g/mol. The lowest BCUT2D eigenvalue weighted by molar-refractivity contribution is 0.452. The van der Waals surface area contributed by atoms with Gasteiger partial charge in [0.2, 0.25) is 0 Å². The van der Waals surface area contributed by atoms with Crippen molar-refractivity contribution in [2.45, 2.75) is 23.6 Å². The van der Waals surface area contributed by atoms with E-state index in [0.29, 0.717) is 0 Å². The molecule has 0 spiro atoms. The van der Waals surface area contributed by atoms with Crippen LogP contribution in [0.25, 0.3) is 6.08 Å². The molecule has 2 aromatic rings. The fourth-order valence-corrected chi connectivity index (χ4v) is 3.64. The van der Waals surface area contributed by atoms with Crippen molar-refractivity contribution < 1.29 is 0 Å². The molecule has 2 atom stereocenters. The van der Waals surface area contributed by atoms with Crippen LogP contribution in [0.15, 0.2) is 60.7 Å². The van der Waals surface area contributed by atoms with E-state index in [-0.39, 0.29) is 9.74 Å². The zero-order valence-electron chi connectivity index (χ0n) is 11.2. The summed E-state index contributed by atoms with van der Waals surface area (Å²) in [6.07, 6.45) is 4.56. The minimum absolute atomic E-state index is 0.0530. The van der Waals surface area contributed by atoms with Crippen LogP contribution in [0.5, 0.6) is 0 Å². The third-order valence-corrected chi connectivity index (χ3v) is 5.66. The van der Waals surface area contributed by atoms with Crippen LogP contribution in [-0.4, -0.2) is 0 Å². The molecule has 0 bridgehead atoms. The predicted molar refractivity (Wildman–Crippen MR) is 85.5 cm³/mol. The number of alkyl halides is 1. The van der Waals surface area contributed by atoms with Gasteiger partial charge in [0.15, 0.2) is 0 Å². The maximum absolute atomic E-state index is 4.00. The Bertz CT molecular complexity index is 625. The standard InChI is InChI=1S/C18H17Br/c1-17(15-9-4-3-5-10-15)13-12-14-8-6-7-11-16(14)18(17,2)19/h3-13H,1-2H3. The van der Waals surface area contributed by atoms with E-state index in [1.165, 1.54) is 16.7 Å². The summed E-state index contributed by atoms with van der Waals surface area (Å²) in [7, 11) is 0. The number of fused-ring (bicyclic) bond motifs is 1. The average molecular weight is 313 g/mol. The Balaban J connectivity index is 2.22. The average Bonchev–Trinajstić information content (AvgIpc) is 2.45. The Morgan fingerprint density at radius 3 is 2.21 bits per heavy atom. The molecule has 2 aromatic carbocycles. The molecule has 0 N–H and O–H groups in total. The molecule has 0 fully saturated rings. The third kappa shape index (κ3) is 1.80. The van der Waals surface area contributed by atoms with E-state index in [0.717, 1.165) is 0 Å². The van der Waals surface area contributed by atoms with Gasteiger partial charge in [-0.2, -0.15) is 0 Å². The number of rotatable bonds is 1. The minimum Gasteiger partial charge on any atom is -0.0791 e. The quantitative estimate of drug-likeness (QED) is 0.628. The molecule has 1 aliphatic rings. The Morgan fingerprint density at radius 1 is 0.842 bits per heavy atom. The van der Waals surface area contributed by atoms with E-state index in [1.54, 1.807) is 0 Å². The first-order chi connectivity index (χ1) is 9.06. The van der Waals surface area contributed by atoms with Crippen molar-refractivity contribution in [2.75, 3.05) is 0 Å². The van der Waals surface area contributed by atoms with E-state index in [2.05, 4.69) is 96.5 Å². The van der Waals surface area contributed by atoms with Crippen molar-refractivity contribution in [3.05, 3.63) is 77.4 Å². The van der Waals surface area contributed by atoms with Gasteiger partial charge in [0.25, 0.3) is 0 Å². The second-order valence-corrected chi connectivity index (χ2v) is 7.08. The molecular weight excluding hydrogens is 296 g/mol. The molecule has 0 radical (unpaired) electrons. The maximum Gasteiger partial charge on any atom is 0.0612 e. The fraction of sp³-hybridized carbons (Fsp3) is 0.222. The first-order valence-electron chi connectivity index (χ1n) is 6.59. The largest absolute Gasteiger partial charge is 0.0791 e. The van der Waals surface area contributed by atoms with Crippen molar-refractivity contribution >= 4 is 22.0 Å². The van der Waals surface area contributed by atoms with Crippen LogP contribution in [0.2, 0.25) is 0 Å². The van der Waals surface area contributed by atoms with E-state index < -0.39 is 0 Å². The molecule has 0 aromatic heterocycles. The molecule has 2 unspecified atom stereocenters. The summed E-state index contributed by atoms with van der Waals surface area (Å²) < 4.78 is -0.104. The van der Waals surface area contributed by atoms with Crippen LogP contribution in [0, 0.1) is 0 Å². The topological polar surface area (TPSA) is 0 Å². The molecule has 0 saturated carbocycles. The first-order valence-corrected chi connectivity index (χ1v) is 7.38. The Kier molecular flexibility index (Phi) is 2.90. The summed E-state index contributed by atoms with van der Waals surface area (Å²) in [6.45, 7) is 4.56. The summed E-state index contributed by atoms with van der Waals surface area (Å²) in [5.74, 6) is 0. The number of hydrogen-bond donors (Lipinski definition) is 0. The van der Waals surface area contributed by atoms with Crippen LogP contribution in [0.3, 0.4) is 0 Å². The van der Waals surface area contributed by atoms with E-state index in [1.807, 2.05) is 0 Å². The number of allylic oxidation sites excluding steroid dienone is 1. The fourth-order valence-electron chi connectivity index (χ4n) is 2.91. The summed E-state index contributed by atoms with van der Waals surface area (Å²) in [5, 5.41) is 0. The zero-order valence-corrected chi connectivity index (χ0v) is 12.8. The van der Waals surface area contributed by atoms with Crippen molar-refractivity contribution in [1.82, 2.24) is 0 Å². The molecule has 1 aliphatic carbocycles. The lowest BCUT2D eigenvalue weighted by Crippen LogP contribution is -2.41. The van der Waals surface area contributed by atoms with Crippen LogP contribution in [0.1, 0.15) is 30.5 Å². The molecule has 0 saturated heterocycles. The summed E-state index contributed by atoms with van der Waals surface area (Å²) in [4.78, 5) is 0. The third-order valence-electron chi connectivity index (χ3n) is 4.41. The number of benzene rings is 2. The van der Waals surface area contributed by atoms with Gasteiger partial charge in [-0.05, 0) is 23.6 Å². The minimum atomic E-state index is -0.104. The van der Waals surface area contributed by atoms with Gasteiger partial charge in [-0.1, -0.05) is 89.6 Å². The van der Waals surface area contributed by atoms with Gasteiger partial charge in [-0.15, -0.1) is 0 Å². The zero-order chi connectivity index (χ0) is 13.5. The van der Waals surface area contributed by atoms with Crippen LogP contribution in [-0.2, 0) is 9.74 Å². The molecule has 0 amide bonds. The highest BCUT2D eigenvalue weighted by Gasteiger charge is 2.46. The van der Waals surface area contributed by atoms with Gasteiger partial charge in [0, 0.05) is 5.41 Å². The summed E-state index contributed by atoms with van der Waals surface area (Å²) >= 11 is 4.00. The van der Waals surface area contributed by atoms with Gasteiger partial charge < -0.3 is 0 Å². The maximum atomic E-state index is 4.00. The predicted octanol–water partition coefficient (Wildman–Crippen LogP) is 5.28. The molecule has 0 aliphatic heterocycles. The van der Waals surface area contributed by atoms with Gasteiger partial charge >= 0.3 is 0 Å². The molecule has 0 nitrogen and oxygen atoms in total. The Morgan fingerprint density at radius 2 is 1.47 bits per heavy atom. The molecule has 1 heteroatoms. The van der Waals surface area contributed by atoms with Gasteiger partial charge in [-0.25, -0.2) is 0 Å². The second-order valence-electron chi connectivity index (χ2n) is 5.49. The Labute approximate surface area is 123 Å². The van der Waals surface area contributed by atoms with Crippen molar-refractivity contribution in [3.63, 3.8) is 0 Å². The van der Waals surface area contributed by atoms with E-state index in [9.17, 15) is 0 Å². The first kappa shape index (κ1) is 12.7. The molecule has 96 valence electrons.